The largest absolute Gasteiger partial charge is 0.748 e. The van der Waals surface area contributed by atoms with Gasteiger partial charge in [-0.15, -0.1) is 0 Å². The summed E-state index contributed by atoms with van der Waals surface area (Å²) in [5.74, 6) is -0.130. The van der Waals surface area contributed by atoms with Crippen LogP contribution < -0.4 is 14.2 Å². The molecule has 0 saturated carbocycles. The summed E-state index contributed by atoms with van der Waals surface area (Å²) >= 11 is 0. The number of benzene rings is 4. The van der Waals surface area contributed by atoms with Gasteiger partial charge in [0, 0.05) is 18.7 Å². The summed E-state index contributed by atoms with van der Waals surface area (Å²) in [7, 11) is -9.05. The lowest BCUT2D eigenvalue weighted by atomic mass is 10.0. The molecule has 6 rings (SSSR count). The van der Waals surface area contributed by atoms with Gasteiger partial charge in [-0.05, 0) is 52.4 Å². The van der Waals surface area contributed by atoms with Crippen LogP contribution in [-0.2, 0) is 26.8 Å². The molecular formula is C35H31N2O8S2-. The Morgan fingerprint density at radius 2 is 1.40 bits per heavy atom. The minimum atomic E-state index is -4.53. The number of hydrogen-bond acceptors (Lipinski definition) is 9. The maximum Gasteiger partial charge on any atom is 0.374 e. The van der Waals surface area contributed by atoms with Gasteiger partial charge in [-0.1, -0.05) is 79.7 Å². The maximum atomic E-state index is 11.6. The molecule has 0 N–H and O–H groups in total. The van der Waals surface area contributed by atoms with E-state index in [-0.39, 0.29) is 13.1 Å². The van der Waals surface area contributed by atoms with Crippen LogP contribution in [-0.4, -0.2) is 44.0 Å². The molecule has 242 valence electrons. The quantitative estimate of drug-likeness (QED) is 0.128. The molecule has 0 aliphatic carbocycles. The van der Waals surface area contributed by atoms with Crippen molar-refractivity contribution in [3.63, 3.8) is 0 Å². The van der Waals surface area contributed by atoms with Gasteiger partial charge in [-0.25, -0.2) is 16.8 Å². The van der Waals surface area contributed by atoms with Crippen molar-refractivity contribution in [2.45, 2.75) is 19.9 Å². The van der Waals surface area contributed by atoms with E-state index >= 15 is 0 Å². The molecule has 0 fully saturated rings. The van der Waals surface area contributed by atoms with E-state index in [0.717, 1.165) is 22.3 Å². The smallest absolute Gasteiger partial charge is 0.374 e. The first-order chi connectivity index (χ1) is 22.5. The fourth-order valence-electron chi connectivity index (χ4n) is 5.47. The predicted molar refractivity (Wildman–Crippen MR) is 177 cm³/mol. The van der Waals surface area contributed by atoms with Crippen molar-refractivity contribution in [1.29, 1.82) is 0 Å². The number of fused-ring (bicyclic) bond motifs is 2. The van der Waals surface area contributed by atoms with Crippen LogP contribution in [0.1, 0.15) is 19.2 Å². The third-order valence-electron chi connectivity index (χ3n) is 7.83. The molecule has 0 bridgehead atoms. The zero-order valence-corrected chi connectivity index (χ0v) is 27.0. The maximum absolute atomic E-state index is 11.6. The first kappa shape index (κ1) is 32.2. The molecule has 10 nitrogen and oxygen atoms in total. The molecule has 47 heavy (non-hydrogen) atoms. The molecule has 1 aliphatic heterocycles. The highest BCUT2D eigenvalue weighted by molar-refractivity contribution is 7.85. The van der Waals surface area contributed by atoms with Crippen LogP contribution in [0, 0.1) is 0 Å². The van der Waals surface area contributed by atoms with E-state index in [9.17, 15) is 25.9 Å². The number of aromatic nitrogens is 1. The van der Waals surface area contributed by atoms with Gasteiger partial charge < -0.3 is 23.2 Å². The van der Waals surface area contributed by atoms with Crippen molar-refractivity contribution in [1.82, 2.24) is 0 Å². The zero-order chi connectivity index (χ0) is 33.2. The van der Waals surface area contributed by atoms with Crippen LogP contribution in [0.5, 0.6) is 5.75 Å². The van der Waals surface area contributed by atoms with Crippen molar-refractivity contribution in [3.8, 4) is 28.0 Å². The Kier molecular flexibility index (Phi) is 9.02. The van der Waals surface area contributed by atoms with Gasteiger partial charge >= 0.3 is 5.89 Å². The number of hydrogen-bond donors (Lipinski definition) is 0. The number of allylic oxidation sites excluding steroid dienone is 2. The lowest BCUT2D eigenvalue weighted by molar-refractivity contribution is -0.673. The SMILES string of the molecule is CCC(=C/c1oc2ccc(-c3ccccc3)cc2[n+]1CCS(=O)(=O)[O-])/C=C1/Oc2ccc(-c3ccccc3)cc2N1CCS(=O)(=O)[O-]. The van der Waals surface area contributed by atoms with Gasteiger partial charge in [0.2, 0.25) is 11.5 Å². The first-order valence-electron chi connectivity index (χ1n) is 14.9. The molecule has 0 unspecified atom stereocenters. The highest BCUT2D eigenvalue weighted by Gasteiger charge is 2.28. The minimum Gasteiger partial charge on any atom is -0.748 e. The van der Waals surface area contributed by atoms with Crippen LogP contribution in [0.3, 0.4) is 0 Å². The number of nitrogens with zero attached hydrogens (tertiary/aromatic N) is 2. The summed E-state index contributed by atoms with van der Waals surface area (Å²) in [6.45, 7) is 1.65. The Labute approximate surface area is 273 Å². The predicted octanol–water partition coefficient (Wildman–Crippen LogP) is 5.68. The van der Waals surface area contributed by atoms with E-state index in [2.05, 4.69) is 0 Å². The van der Waals surface area contributed by atoms with Crippen molar-refractivity contribution in [3.05, 3.63) is 120 Å². The van der Waals surface area contributed by atoms with Gasteiger partial charge in [0.25, 0.3) is 5.52 Å². The molecule has 0 spiro atoms. The van der Waals surface area contributed by atoms with E-state index in [0.29, 0.717) is 46.3 Å². The average Bonchev–Trinajstić information content (AvgIpc) is 3.58. The number of anilines is 1. The minimum absolute atomic E-state index is 0.131. The molecule has 1 aromatic heterocycles. The molecule has 0 amide bonds. The third kappa shape index (κ3) is 7.63. The lowest BCUT2D eigenvalue weighted by Gasteiger charge is -2.20. The number of ether oxygens (including phenoxy) is 1. The molecule has 1 aliphatic rings. The Morgan fingerprint density at radius 1 is 0.787 bits per heavy atom. The summed E-state index contributed by atoms with van der Waals surface area (Å²) in [5.41, 5.74) is 6.14. The third-order valence-corrected chi connectivity index (χ3v) is 9.20. The molecule has 0 radical (unpaired) electrons. The van der Waals surface area contributed by atoms with E-state index in [4.69, 9.17) is 9.15 Å². The van der Waals surface area contributed by atoms with Gasteiger partial charge in [0.1, 0.15) is 10.1 Å². The van der Waals surface area contributed by atoms with Crippen LogP contribution >= 0.6 is 0 Å². The molecule has 2 heterocycles. The van der Waals surface area contributed by atoms with Crippen LogP contribution in [0.15, 0.2) is 119 Å². The Hall–Kier alpha value is -4.75. The molecule has 4 aromatic carbocycles. The van der Waals surface area contributed by atoms with E-state index in [1.54, 1.807) is 33.8 Å². The van der Waals surface area contributed by atoms with Gasteiger partial charge in [0.15, 0.2) is 12.3 Å². The summed E-state index contributed by atoms with van der Waals surface area (Å²) in [5, 5.41) is 0. The standard InChI is InChI=1S/C35H32N2O8S2/c1-2-25(21-34-36(17-19-46(38,39)40)30-23-28(13-15-32(30)44-34)26-9-5-3-6-10-26)22-35-37(18-20-47(41,42)43)31-24-29(14-16-33(31)45-35)27-11-7-4-8-12-27/h3-16,21-24H,2,17-20H2,1H3,(H-,38,39,40,41,42,43)/p-1. The Morgan fingerprint density at radius 3 is 2.02 bits per heavy atom. The number of aryl methyl sites for hydroxylation is 1. The monoisotopic (exact) mass is 671 g/mol. The molecular weight excluding hydrogens is 641 g/mol. The number of rotatable bonds is 11. The lowest BCUT2D eigenvalue weighted by Crippen LogP contribution is -2.38. The van der Waals surface area contributed by atoms with Gasteiger partial charge in [0.05, 0.1) is 33.4 Å². The molecule has 0 saturated heterocycles. The van der Waals surface area contributed by atoms with E-state index < -0.39 is 31.7 Å². The molecule has 12 heteroatoms. The summed E-state index contributed by atoms with van der Waals surface area (Å²) in [6, 6.07) is 30.5. The van der Waals surface area contributed by atoms with E-state index in [1.807, 2.05) is 91.9 Å². The molecule has 0 atom stereocenters. The van der Waals surface area contributed by atoms with Crippen molar-refractivity contribution >= 4 is 43.1 Å². The van der Waals surface area contributed by atoms with E-state index in [1.165, 1.54) is 0 Å². The summed E-state index contributed by atoms with van der Waals surface area (Å²) < 4.78 is 83.9. The average molecular weight is 672 g/mol. The normalized spacial score (nSPS) is 14.5. The zero-order valence-electron chi connectivity index (χ0n) is 25.4. The Balaban J connectivity index is 1.42. The van der Waals surface area contributed by atoms with Gasteiger partial charge in [-0.2, -0.15) is 4.57 Å². The second kappa shape index (κ2) is 13.2. The fraction of sp³-hybridized carbons (Fsp3) is 0.171. The highest BCUT2D eigenvalue weighted by Crippen LogP contribution is 2.42. The first-order valence-corrected chi connectivity index (χ1v) is 18.1. The van der Waals surface area contributed by atoms with Crippen molar-refractivity contribution in [2.24, 2.45) is 0 Å². The van der Waals surface area contributed by atoms with Crippen molar-refractivity contribution in [2.75, 3.05) is 23.0 Å². The highest BCUT2D eigenvalue weighted by atomic mass is 32.2. The Bertz CT molecular complexity index is 2210. The summed E-state index contributed by atoms with van der Waals surface area (Å²) in [6.07, 6.45) is 3.95. The fourth-order valence-corrected chi connectivity index (χ4v) is 6.28. The summed E-state index contributed by atoms with van der Waals surface area (Å²) in [4.78, 5) is 1.66. The second-order valence-corrected chi connectivity index (χ2v) is 14.1. The molecule has 5 aromatic rings. The van der Waals surface area contributed by atoms with Crippen molar-refractivity contribution < 1.29 is 39.7 Å². The van der Waals surface area contributed by atoms with Gasteiger partial charge in [-0.3, -0.25) is 0 Å². The topological polar surface area (TPSA) is 144 Å². The number of oxazole rings is 1. The second-order valence-electron chi connectivity index (χ2n) is 11.0. The van der Waals surface area contributed by atoms with Crippen LogP contribution in [0.2, 0.25) is 0 Å². The van der Waals surface area contributed by atoms with Crippen LogP contribution in [0.4, 0.5) is 5.69 Å². The van der Waals surface area contributed by atoms with Crippen LogP contribution in [0.25, 0.3) is 39.4 Å².